The highest BCUT2D eigenvalue weighted by molar-refractivity contribution is 7.21. The molecule has 0 saturated carbocycles. The SMILES string of the molecule is c1ccc([Si](c2ccccc2)(c2ccccc2)c2cccc(-c3ccccc3[Si](c3ccccc3)(c3ccccc3)c3ccccc3)c2)cc1. The minimum atomic E-state index is -2.77. The van der Waals surface area contributed by atoms with Crippen molar-refractivity contribution in [2.24, 2.45) is 0 Å². The molecule has 50 heavy (non-hydrogen) atoms. The maximum Gasteiger partial charge on any atom is 0.180 e. The molecule has 0 radical (unpaired) electrons. The molecule has 0 N–H and O–H groups in total. The van der Waals surface area contributed by atoms with Crippen LogP contribution in [0.3, 0.4) is 0 Å². The van der Waals surface area contributed by atoms with Gasteiger partial charge in [-0.15, -0.1) is 0 Å². The molecule has 0 heterocycles. The molecule has 0 unspecified atom stereocenters. The van der Waals surface area contributed by atoms with Crippen LogP contribution in [0.15, 0.2) is 231 Å². The Morgan fingerprint density at radius 2 is 0.520 bits per heavy atom. The van der Waals surface area contributed by atoms with Gasteiger partial charge >= 0.3 is 0 Å². The standard InChI is InChI=1S/C48H38Si2/c1-7-23-40(24-8-1)49(41-25-9-2-10-26-41,42-27-11-3-12-28-42)46-35-21-22-39(38-46)47-36-19-20-37-48(47)50(43-29-13-4-14-30-43,44-31-15-5-16-32-44)45-33-17-6-18-34-45/h1-38H. The third-order valence-corrected chi connectivity index (χ3v) is 19.8. The zero-order valence-corrected chi connectivity index (χ0v) is 29.9. The van der Waals surface area contributed by atoms with Crippen molar-refractivity contribution in [3.8, 4) is 11.1 Å². The quantitative estimate of drug-likeness (QED) is 0.129. The average molecular weight is 671 g/mol. The van der Waals surface area contributed by atoms with Gasteiger partial charge in [-0.1, -0.05) is 231 Å². The van der Waals surface area contributed by atoms with Gasteiger partial charge in [0.15, 0.2) is 16.1 Å². The van der Waals surface area contributed by atoms with Crippen LogP contribution in [0.1, 0.15) is 0 Å². The van der Waals surface area contributed by atoms with Gasteiger partial charge < -0.3 is 0 Å². The summed E-state index contributed by atoms with van der Waals surface area (Å²) < 4.78 is 0. The van der Waals surface area contributed by atoms with Gasteiger partial charge in [-0.3, -0.25) is 0 Å². The van der Waals surface area contributed by atoms with Crippen molar-refractivity contribution in [2.45, 2.75) is 0 Å². The van der Waals surface area contributed by atoms with Crippen molar-refractivity contribution in [1.29, 1.82) is 0 Å². The first-order valence-corrected chi connectivity index (χ1v) is 21.4. The summed E-state index contributed by atoms with van der Waals surface area (Å²) >= 11 is 0. The molecule has 2 heteroatoms. The fourth-order valence-corrected chi connectivity index (χ4v) is 17.9. The van der Waals surface area contributed by atoms with E-state index in [0.717, 1.165) is 0 Å². The minimum absolute atomic E-state index is 1.25. The number of rotatable bonds is 9. The minimum Gasteiger partial charge on any atom is -0.0623 e. The molecule has 8 aromatic carbocycles. The first-order valence-electron chi connectivity index (χ1n) is 17.4. The predicted molar refractivity (Wildman–Crippen MR) is 219 cm³/mol. The molecule has 8 aromatic rings. The highest BCUT2D eigenvalue weighted by Crippen LogP contribution is 2.22. The van der Waals surface area contributed by atoms with E-state index in [1.807, 2.05) is 0 Å². The summed E-state index contributed by atoms with van der Waals surface area (Å²) in [6.07, 6.45) is 0. The topological polar surface area (TPSA) is 0 Å². The van der Waals surface area contributed by atoms with E-state index >= 15 is 0 Å². The number of hydrogen-bond donors (Lipinski definition) is 0. The smallest absolute Gasteiger partial charge is 0.0623 e. The number of benzene rings is 8. The molecule has 0 amide bonds. The second kappa shape index (κ2) is 14.0. The predicted octanol–water partition coefficient (Wildman–Crippen LogP) is 6.11. The molecule has 0 aliphatic carbocycles. The lowest BCUT2D eigenvalue weighted by molar-refractivity contribution is 1.62. The van der Waals surface area contributed by atoms with Gasteiger partial charge in [-0.2, -0.15) is 0 Å². The molecule has 0 fully saturated rings. The fourth-order valence-electron chi connectivity index (χ4n) is 8.08. The lowest BCUT2D eigenvalue weighted by Gasteiger charge is -2.36. The van der Waals surface area contributed by atoms with Gasteiger partial charge in [-0.25, -0.2) is 0 Å². The second-order valence-corrected chi connectivity index (χ2v) is 20.4. The Labute approximate surface area is 298 Å². The molecular weight excluding hydrogens is 633 g/mol. The summed E-state index contributed by atoms with van der Waals surface area (Å²) in [4.78, 5) is 0. The lowest BCUT2D eigenvalue weighted by Crippen LogP contribution is -2.75. The Morgan fingerprint density at radius 3 is 0.900 bits per heavy atom. The highest BCUT2D eigenvalue weighted by Gasteiger charge is 2.44. The van der Waals surface area contributed by atoms with E-state index < -0.39 is 16.1 Å². The van der Waals surface area contributed by atoms with Gasteiger partial charge in [0, 0.05) is 0 Å². The van der Waals surface area contributed by atoms with Crippen molar-refractivity contribution in [1.82, 2.24) is 0 Å². The van der Waals surface area contributed by atoms with E-state index in [2.05, 4.69) is 231 Å². The monoisotopic (exact) mass is 670 g/mol. The Bertz CT molecular complexity index is 2090. The van der Waals surface area contributed by atoms with Crippen LogP contribution in [0, 0.1) is 0 Å². The van der Waals surface area contributed by atoms with Gasteiger partial charge in [-0.05, 0) is 52.6 Å². The van der Waals surface area contributed by atoms with Crippen LogP contribution in [-0.2, 0) is 0 Å². The first kappa shape index (κ1) is 31.5. The van der Waals surface area contributed by atoms with E-state index in [0.29, 0.717) is 0 Å². The third kappa shape index (κ3) is 5.40. The van der Waals surface area contributed by atoms with Crippen molar-refractivity contribution < 1.29 is 0 Å². The summed E-state index contributed by atoms with van der Waals surface area (Å²) in [5.41, 5.74) is 2.53. The maximum absolute atomic E-state index is 2.77. The second-order valence-electron chi connectivity index (χ2n) is 12.8. The summed E-state index contributed by atoms with van der Waals surface area (Å²) in [5, 5.41) is 11.0. The van der Waals surface area contributed by atoms with E-state index in [1.54, 1.807) is 0 Å². The van der Waals surface area contributed by atoms with Crippen LogP contribution >= 0.6 is 0 Å². The average Bonchev–Trinajstić information content (AvgIpc) is 3.21. The summed E-state index contributed by atoms with van der Waals surface area (Å²) in [5.74, 6) is 0. The molecule has 0 aliphatic rings. The normalized spacial score (nSPS) is 11.6. The largest absolute Gasteiger partial charge is 0.180 e. The van der Waals surface area contributed by atoms with E-state index in [1.165, 1.54) is 52.6 Å². The van der Waals surface area contributed by atoms with Crippen molar-refractivity contribution in [3.05, 3.63) is 231 Å². The van der Waals surface area contributed by atoms with Gasteiger partial charge in [0.25, 0.3) is 0 Å². The van der Waals surface area contributed by atoms with Crippen LogP contribution in [-0.4, -0.2) is 16.1 Å². The van der Waals surface area contributed by atoms with Gasteiger partial charge in [0.2, 0.25) is 0 Å². The molecule has 0 nitrogen and oxygen atoms in total. The van der Waals surface area contributed by atoms with E-state index in [-0.39, 0.29) is 0 Å². The van der Waals surface area contributed by atoms with Crippen LogP contribution in [0.25, 0.3) is 11.1 Å². The zero-order chi connectivity index (χ0) is 33.6. The molecule has 0 aliphatic heterocycles. The maximum atomic E-state index is 2.51. The van der Waals surface area contributed by atoms with Crippen LogP contribution in [0.4, 0.5) is 0 Å². The van der Waals surface area contributed by atoms with Crippen LogP contribution in [0.5, 0.6) is 0 Å². The van der Waals surface area contributed by atoms with Gasteiger partial charge in [0.05, 0.1) is 0 Å². The molecule has 0 saturated heterocycles. The molecule has 0 aromatic heterocycles. The van der Waals surface area contributed by atoms with Gasteiger partial charge in [0.1, 0.15) is 0 Å². The van der Waals surface area contributed by atoms with Crippen LogP contribution in [0.2, 0.25) is 0 Å². The Morgan fingerprint density at radius 1 is 0.220 bits per heavy atom. The van der Waals surface area contributed by atoms with E-state index in [4.69, 9.17) is 0 Å². The fraction of sp³-hybridized carbons (Fsp3) is 0. The summed E-state index contributed by atoms with van der Waals surface area (Å²) in [7, 11) is -5.48. The lowest BCUT2D eigenvalue weighted by atomic mass is 10.1. The molecule has 0 bridgehead atoms. The van der Waals surface area contributed by atoms with Crippen LogP contribution < -0.4 is 41.5 Å². The summed E-state index contributed by atoms with van der Waals surface area (Å²) in [6, 6.07) is 86.0. The zero-order valence-electron chi connectivity index (χ0n) is 27.9. The molecular formula is C48H38Si2. The van der Waals surface area contributed by atoms with Crippen molar-refractivity contribution in [2.75, 3.05) is 0 Å². The third-order valence-electron chi connectivity index (χ3n) is 10.2. The molecule has 238 valence electrons. The molecule has 0 atom stereocenters. The van der Waals surface area contributed by atoms with E-state index in [9.17, 15) is 0 Å². The number of hydrogen-bond acceptors (Lipinski definition) is 0. The Hall–Kier alpha value is -5.81. The Kier molecular flexibility index (Phi) is 8.79. The summed E-state index contributed by atoms with van der Waals surface area (Å²) in [6.45, 7) is 0. The Balaban J connectivity index is 1.44. The molecule has 8 rings (SSSR count). The van der Waals surface area contributed by atoms with Crippen molar-refractivity contribution >= 4 is 57.6 Å². The molecule has 0 spiro atoms. The highest BCUT2D eigenvalue weighted by atomic mass is 28.3. The first-order chi connectivity index (χ1) is 24.8. The van der Waals surface area contributed by atoms with Crippen molar-refractivity contribution in [3.63, 3.8) is 0 Å².